The molecule has 0 saturated carbocycles. The number of anilines is 1. The van der Waals surface area contributed by atoms with Gasteiger partial charge in [0.1, 0.15) is 12.4 Å². The molecular formula is C22H20Cl2FNO. The van der Waals surface area contributed by atoms with Crippen LogP contribution in [0.15, 0.2) is 60.7 Å². The van der Waals surface area contributed by atoms with Crippen molar-refractivity contribution in [1.82, 2.24) is 0 Å². The minimum Gasteiger partial charge on any atom is -0.486 e. The molecule has 0 radical (unpaired) electrons. The summed E-state index contributed by atoms with van der Waals surface area (Å²) >= 11 is 12.7. The molecule has 3 aromatic rings. The molecule has 0 bridgehead atoms. The second-order valence-electron chi connectivity index (χ2n) is 6.21. The number of benzene rings is 3. The number of hydrogen-bond acceptors (Lipinski definition) is 2. The van der Waals surface area contributed by atoms with Crippen LogP contribution in [0.25, 0.3) is 0 Å². The molecule has 0 aliphatic rings. The molecule has 5 heteroatoms. The average Bonchev–Trinajstić information content (AvgIpc) is 2.66. The predicted octanol–water partition coefficient (Wildman–Crippen LogP) is 6.89. The average molecular weight is 404 g/mol. The number of halogens is 3. The van der Waals surface area contributed by atoms with Gasteiger partial charge in [-0.25, -0.2) is 4.39 Å². The fourth-order valence-corrected chi connectivity index (χ4v) is 3.34. The lowest BCUT2D eigenvalue weighted by Gasteiger charge is -2.13. The van der Waals surface area contributed by atoms with Gasteiger partial charge in [-0.3, -0.25) is 0 Å². The second kappa shape index (κ2) is 9.12. The highest BCUT2D eigenvalue weighted by atomic mass is 35.5. The molecule has 0 unspecified atom stereocenters. The van der Waals surface area contributed by atoms with Gasteiger partial charge in [-0.15, -0.1) is 0 Å². The van der Waals surface area contributed by atoms with Gasteiger partial charge in [0, 0.05) is 12.2 Å². The first kappa shape index (κ1) is 19.5. The zero-order chi connectivity index (χ0) is 19.2. The van der Waals surface area contributed by atoms with Gasteiger partial charge in [-0.05, 0) is 59.5 Å². The molecule has 0 aliphatic heterocycles. The van der Waals surface area contributed by atoms with Crippen molar-refractivity contribution in [3.63, 3.8) is 0 Å². The SMILES string of the molecule is CCc1ccc(NCc2cc(Cl)c(OCc3cccc(F)c3)c(Cl)c2)cc1. The monoisotopic (exact) mass is 403 g/mol. The Kier molecular flexibility index (Phi) is 6.59. The number of ether oxygens (including phenoxy) is 1. The third-order valence-corrected chi connectivity index (χ3v) is 4.75. The Hall–Kier alpha value is -2.23. The van der Waals surface area contributed by atoms with Crippen molar-refractivity contribution in [2.24, 2.45) is 0 Å². The third-order valence-electron chi connectivity index (χ3n) is 4.19. The zero-order valence-corrected chi connectivity index (χ0v) is 16.4. The van der Waals surface area contributed by atoms with E-state index in [1.807, 2.05) is 12.1 Å². The molecule has 0 fully saturated rings. The summed E-state index contributed by atoms with van der Waals surface area (Å²) in [6, 6.07) is 18.2. The van der Waals surface area contributed by atoms with Crippen LogP contribution in [-0.4, -0.2) is 0 Å². The first-order valence-corrected chi connectivity index (χ1v) is 9.48. The summed E-state index contributed by atoms with van der Waals surface area (Å²) in [6.07, 6.45) is 1.02. The normalized spacial score (nSPS) is 10.7. The van der Waals surface area contributed by atoms with Crippen LogP contribution in [0.2, 0.25) is 10.0 Å². The lowest BCUT2D eigenvalue weighted by molar-refractivity contribution is 0.306. The largest absolute Gasteiger partial charge is 0.486 e. The van der Waals surface area contributed by atoms with Crippen molar-refractivity contribution in [1.29, 1.82) is 0 Å². The van der Waals surface area contributed by atoms with E-state index in [0.717, 1.165) is 17.7 Å². The smallest absolute Gasteiger partial charge is 0.156 e. The van der Waals surface area contributed by atoms with Crippen LogP contribution in [0.3, 0.4) is 0 Å². The Morgan fingerprint density at radius 2 is 1.59 bits per heavy atom. The third kappa shape index (κ3) is 5.38. The van der Waals surface area contributed by atoms with Crippen LogP contribution in [0.1, 0.15) is 23.6 Å². The summed E-state index contributed by atoms with van der Waals surface area (Å²) in [6.45, 7) is 2.91. The maximum atomic E-state index is 13.3. The van der Waals surface area contributed by atoms with E-state index in [2.05, 4.69) is 36.5 Å². The Balaban J connectivity index is 1.64. The van der Waals surface area contributed by atoms with Gasteiger partial charge >= 0.3 is 0 Å². The summed E-state index contributed by atoms with van der Waals surface area (Å²) in [5.41, 5.74) is 3.99. The van der Waals surface area contributed by atoms with Crippen molar-refractivity contribution in [2.45, 2.75) is 26.5 Å². The van der Waals surface area contributed by atoms with Crippen LogP contribution in [0.5, 0.6) is 5.75 Å². The van der Waals surface area contributed by atoms with Crippen molar-refractivity contribution in [3.8, 4) is 5.75 Å². The molecule has 27 heavy (non-hydrogen) atoms. The van der Waals surface area contributed by atoms with E-state index in [0.29, 0.717) is 27.9 Å². The van der Waals surface area contributed by atoms with E-state index in [9.17, 15) is 4.39 Å². The molecule has 0 aliphatic carbocycles. The Morgan fingerprint density at radius 3 is 2.22 bits per heavy atom. The molecule has 0 aromatic heterocycles. The summed E-state index contributed by atoms with van der Waals surface area (Å²) in [5, 5.41) is 4.21. The van der Waals surface area contributed by atoms with Crippen molar-refractivity contribution < 1.29 is 9.13 Å². The zero-order valence-electron chi connectivity index (χ0n) is 14.9. The molecule has 3 rings (SSSR count). The highest BCUT2D eigenvalue weighted by Crippen LogP contribution is 2.35. The van der Waals surface area contributed by atoms with Crippen LogP contribution >= 0.6 is 23.2 Å². The molecule has 0 amide bonds. The van der Waals surface area contributed by atoms with Crippen LogP contribution in [0, 0.1) is 5.82 Å². The van der Waals surface area contributed by atoms with Crippen molar-refractivity contribution in [2.75, 3.05) is 5.32 Å². The summed E-state index contributed by atoms with van der Waals surface area (Å²) in [4.78, 5) is 0. The molecule has 140 valence electrons. The standard InChI is InChI=1S/C22H20Cl2FNO/c1-2-15-6-8-19(9-7-15)26-13-17-11-20(23)22(21(24)12-17)27-14-16-4-3-5-18(25)10-16/h3-12,26H,2,13-14H2,1H3. The number of aryl methyl sites for hydroxylation is 1. The molecule has 3 aromatic carbocycles. The van der Waals surface area contributed by atoms with Gasteiger partial charge in [0.2, 0.25) is 0 Å². The van der Waals surface area contributed by atoms with E-state index in [-0.39, 0.29) is 12.4 Å². The molecule has 0 spiro atoms. The molecule has 0 atom stereocenters. The maximum Gasteiger partial charge on any atom is 0.156 e. The van der Waals surface area contributed by atoms with Gasteiger partial charge in [0.15, 0.2) is 5.75 Å². The highest BCUT2D eigenvalue weighted by molar-refractivity contribution is 6.37. The van der Waals surface area contributed by atoms with Gasteiger partial charge in [-0.1, -0.05) is 54.4 Å². The minimum absolute atomic E-state index is 0.193. The number of hydrogen-bond donors (Lipinski definition) is 1. The fourth-order valence-electron chi connectivity index (χ4n) is 2.70. The van der Waals surface area contributed by atoms with E-state index in [4.69, 9.17) is 27.9 Å². The van der Waals surface area contributed by atoms with Gasteiger partial charge < -0.3 is 10.1 Å². The quantitative estimate of drug-likeness (QED) is 0.463. The topological polar surface area (TPSA) is 21.3 Å². The second-order valence-corrected chi connectivity index (χ2v) is 7.03. The fraction of sp³-hybridized carbons (Fsp3) is 0.182. The van der Waals surface area contributed by atoms with Gasteiger partial charge in [0.25, 0.3) is 0 Å². The van der Waals surface area contributed by atoms with E-state index < -0.39 is 0 Å². The van der Waals surface area contributed by atoms with Crippen LogP contribution in [-0.2, 0) is 19.6 Å². The molecule has 0 saturated heterocycles. The van der Waals surface area contributed by atoms with Gasteiger partial charge in [0.05, 0.1) is 10.0 Å². The molecule has 2 nitrogen and oxygen atoms in total. The first-order valence-electron chi connectivity index (χ1n) is 8.73. The van der Waals surface area contributed by atoms with Crippen molar-refractivity contribution in [3.05, 3.63) is 93.2 Å². The Bertz CT molecular complexity index is 889. The number of rotatable bonds is 7. The summed E-state index contributed by atoms with van der Waals surface area (Å²) in [7, 11) is 0. The summed E-state index contributed by atoms with van der Waals surface area (Å²) in [5.74, 6) is 0.0975. The first-order chi connectivity index (χ1) is 13.0. The lowest BCUT2D eigenvalue weighted by Crippen LogP contribution is -2.01. The lowest BCUT2D eigenvalue weighted by atomic mass is 10.1. The maximum absolute atomic E-state index is 13.3. The molecular weight excluding hydrogens is 384 g/mol. The highest BCUT2D eigenvalue weighted by Gasteiger charge is 2.10. The summed E-state index contributed by atoms with van der Waals surface area (Å²) < 4.78 is 19.0. The van der Waals surface area contributed by atoms with Crippen molar-refractivity contribution >= 4 is 28.9 Å². The predicted molar refractivity (Wildman–Crippen MR) is 110 cm³/mol. The van der Waals surface area contributed by atoms with Gasteiger partial charge in [-0.2, -0.15) is 0 Å². The van der Waals surface area contributed by atoms with E-state index in [1.54, 1.807) is 12.1 Å². The van der Waals surface area contributed by atoms with E-state index in [1.165, 1.54) is 17.7 Å². The Morgan fingerprint density at radius 1 is 0.889 bits per heavy atom. The Labute approximate surface area is 168 Å². The number of nitrogens with one attached hydrogen (secondary N) is 1. The van der Waals surface area contributed by atoms with E-state index >= 15 is 0 Å². The van der Waals surface area contributed by atoms with Crippen LogP contribution in [0.4, 0.5) is 10.1 Å². The molecule has 1 N–H and O–H groups in total. The van der Waals surface area contributed by atoms with Crippen LogP contribution < -0.4 is 10.1 Å². The minimum atomic E-state index is -0.304. The molecule has 0 heterocycles.